The molecule has 0 spiro atoms. The summed E-state index contributed by atoms with van der Waals surface area (Å²) in [5.41, 5.74) is 3.92. The van der Waals surface area contributed by atoms with Gasteiger partial charge >= 0.3 is 6.61 Å². The minimum absolute atomic E-state index is 0.140. The Hall–Kier alpha value is -3.26. The summed E-state index contributed by atoms with van der Waals surface area (Å²) in [5, 5.41) is 9.55. The minimum atomic E-state index is -2.83. The fraction of sp³-hybridized carbons (Fsp3) is 0.136. The van der Waals surface area contributed by atoms with E-state index in [4.69, 9.17) is 0 Å². The average molecular weight is 424 g/mol. The van der Waals surface area contributed by atoms with Crippen LogP contribution in [0.3, 0.4) is 0 Å². The second kappa shape index (κ2) is 9.04. The fourth-order valence-electron chi connectivity index (χ4n) is 2.99. The van der Waals surface area contributed by atoms with Crippen molar-refractivity contribution in [3.8, 4) is 22.8 Å². The molecule has 0 amide bonds. The maximum atomic E-state index is 12.3. The largest absolute Gasteiger partial charge is 0.435 e. The number of benzene rings is 2. The Morgan fingerprint density at radius 3 is 2.50 bits per heavy atom. The number of ether oxygens (including phenoxy) is 1. The smallest absolute Gasteiger partial charge is 0.387 e. The molecular formula is C22H18F2N4OS. The Morgan fingerprint density at radius 1 is 1.00 bits per heavy atom. The molecule has 2 heterocycles. The molecule has 0 unspecified atom stereocenters. The van der Waals surface area contributed by atoms with E-state index >= 15 is 0 Å². The predicted octanol–water partition coefficient (Wildman–Crippen LogP) is 5.53. The molecule has 0 bridgehead atoms. The minimum Gasteiger partial charge on any atom is -0.435 e. The van der Waals surface area contributed by atoms with Crippen LogP contribution in [-0.2, 0) is 5.75 Å². The van der Waals surface area contributed by atoms with Gasteiger partial charge in [-0.15, -0.1) is 10.2 Å². The summed E-state index contributed by atoms with van der Waals surface area (Å²) >= 11 is 1.52. The van der Waals surface area contributed by atoms with Gasteiger partial charge in [-0.3, -0.25) is 9.55 Å². The topological polar surface area (TPSA) is 52.8 Å². The molecule has 152 valence electrons. The SMILES string of the molecule is Cc1ccccc1-n1c(SCc2ccc(OC(F)F)cc2)nnc1-c1cccnc1. The lowest BCUT2D eigenvalue weighted by atomic mass is 10.2. The first-order valence-corrected chi connectivity index (χ1v) is 10.2. The number of hydrogen-bond acceptors (Lipinski definition) is 5. The van der Waals surface area contributed by atoms with Gasteiger partial charge in [0.15, 0.2) is 11.0 Å². The first-order valence-electron chi connectivity index (χ1n) is 9.20. The van der Waals surface area contributed by atoms with Gasteiger partial charge in [0.05, 0.1) is 5.69 Å². The number of hydrogen-bond donors (Lipinski definition) is 0. The summed E-state index contributed by atoms with van der Waals surface area (Å²) in [6.07, 6.45) is 3.48. The molecule has 0 aliphatic heterocycles. The molecule has 0 N–H and O–H groups in total. The lowest BCUT2D eigenvalue weighted by molar-refractivity contribution is -0.0498. The third-order valence-corrected chi connectivity index (χ3v) is 5.43. The van der Waals surface area contributed by atoms with Crippen LogP contribution in [0.25, 0.3) is 17.1 Å². The molecule has 0 fully saturated rings. The Morgan fingerprint density at radius 2 is 1.80 bits per heavy atom. The summed E-state index contributed by atoms with van der Waals surface area (Å²) in [6, 6.07) is 18.4. The molecule has 0 radical (unpaired) electrons. The second-order valence-corrected chi connectivity index (χ2v) is 7.42. The van der Waals surface area contributed by atoms with E-state index in [0.29, 0.717) is 11.6 Å². The van der Waals surface area contributed by atoms with Crippen molar-refractivity contribution in [3.05, 3.63) is 84.2 Å². The fourth-order valence-corrected chi connectivity index (χ4v) is 3.89. The van der Waals surface area contributed by atoms with Gasteiger partial charge in [0.25, 0.3) is 0 Å². The first kappa shape index (κ1) is 20.0. The van der Waals surface area contributed by atoms with Crippen LogP contribution in [0.2, 0.25) is 0 Å². The van der Waals surface area contributed by atoms with Gasteiger partial charge in [-0.25, -0.2) is 0 Å². The number of aryl methyl sites for hydroxylation is 1. The molecule has 8 heteroatoms. The van der Waals surface area contributed by atoms with Gasteiger partial charge < -0.3 is 4.74 Å². The molecule has 0 saturated heterocycles. The second-order valence-electron chi connectivity index (χ2n) is 6.48. The van der Waals surface area contributed by atoms with Gasteiger partial charge in [-0.1, -0.05) is 42.1 Å². The zero-order valence-electron chi connectivity index (χ0n) is 16.1. The van der Waals surface area contributed by atoms with E-state index in [-0.39, 0.29) is 5.75 Å². The van der Waals surface area contributed by atoms with Crippen LogP contribution in [0.5, 0.6) is 5.75 Å². The molecule has 30 heavy (non-hydrogen) atoms. The van der Waals surface area contributed by atoms with Crippen LogP contribution in [0.1, 0.15) is 11.1 Å². The highest BCUT2D eigenvalue weighted by Gasteiger charge is 2.17. The maximum absolute atomic E-state index is 12.3. The number of pyridine rings is 1. The van der Waals surface area contributed by atoms with Crippen LogP contribution in [0.4, 0.5) is 8.78 Å². The lowest BCUT2D eigenvalue weighted by Crippen LogP contribution is -2.02. The van der Waals surface area contributed by atoms with Crippen molar-refractivity contribution in [2.45, 2.75) is 24.4 Å². The van der Waals surface area contributed by atoms with E-state index in [1.807, 2.05) is 47.9 Å². The molecule has 0 atom stereocenters. The summed E-state index contributed by atoms with van der Waals surface area (Å²) in [7, 11) is 0. The zero-order chi connectivity index (χ0) is 20.9. The maximum Gasteiger partial charge on any atom is 0.387 e. The molecule has 0 saturated carbocycles. The van der Waals surface area contributed by atoms with Gasteiger partial charge in [0, 0.05) is 23.7 Å². The summed E-state index contributed by atoms with van der Waals surface area (Å²) < 4.78 is 31.1. The molecule has 4 rings (SSSR count). The molecule has 5 nitrogen and oxygen atoms in total. The van der Waals surface area contributed by atoms with Gasteiger partial charge in [0.1, 0.15) is 5.75 Å². The lowest BCUT2D eigenvalue weighted by Gasteiger charge is -2.13. The van der Waals surface area contributed by atoms with Crippen molar-refractivity contribution >= 4 is 11.8 Å². The Kier molecular flexibility index (Phi) is 6.04. The average Bonchev–Trinajstić information content (AvgIpc) is 3.17. The normalized spacial score (nSPS) is 11.1. The zero-order valence-corrected chi connectivity index (χ0v) is 16.9. The van der Waals surface area contributed by atoms with E-state index < -0.39 is 6.61 Å². The van der Waals surface area contributed by atoms with Crippen molar-refractivity contribution in [2.75, 3.05) is 0 Å². The molecule has 2 aromatic carbocycles. The monoisotopic (exact) mass is 424 g/mol. The number of halogens is 2. The highest BCUT2D eigenvalue weighted by atomic mass is 32.2. The molecule has 0 aliphatic carbocycles. The molecule has 2 aromatic heterocycles. The van der Waals surface area contributed by atoms with Gasteiger partial charge in [-0.2, -0.15) is 8.78 Å². The van der Waals surface area contributed by atoms with Crippen molar-refractivity contribution in [1.82, 2.24) is 19.7 Å². The number of aromatic nitrogens is 4. The van der Waals surface area contributed by atoms with Crippen LogP contribution in [0.15, 0.2) is 78.2 Å². The highest BCUT2D eigenvalue weighted by Crippen LogP contribution is 2.31. The molecule has 0 aliphatic rings. The van der Waals surface area contributed by atoms with Crippen molar-refractivity contribution in [1.29, 1.82) is 0 Å². The quantitative estimate of drug-likeness (QED) is 0.365. The predicted molar refractivity (Wildman–Crippen MR) is 112 cm³/mol. The third kappa shape index (κ3) is 4.49. The molecular weight excluding hydrogens is 406 g/mol. The standard InChI is InChI=1S/C22H18F2N4OS/c1-15-5-2-3-7-19(15)28-20(17-6-4-12-25-13-17)26-27-22(28)30-14-16-8-10-18(11-9-16)29-21(23)24/h2-13,21H,14H2,1H3. The number of nitrogens with zero attached hydrogens (tertiary/aromatic N) is 4. The van der Waals surface area contributed by atoms with Crippen LogP contribution >= 0.6 is 11.8 Å². The van der Waals surface area contributed by atoms with Crippen LogP contribution in [-0.4, -0.2) is 26.4 Å². The van der Waals surface area contributed by atoms with Crippen molar-refractivity contribution in [3.63, 3.8) is 0 Å². The number of rotatable bonds is 7. The van der Waals surface area contributed by atoms with Crippen LogP contribution in [0, 0.1) is 6.92 Å². The Balaban J connectivity index is 1.64. The van der Waals surface area contributed by atoms with E-state index in [2.05, 4.69) is 19.9 Å². The van der Waals surface area contributed by atoms with Crippen molar-refractivity contribution < 1.29 is 13.5 Å². The number of para-hydroxylation sites is 1. The Labute approximate surface area is 176 Å². The van der Waals surface area contributed by atoms with Gasteiger partial charge in [-0.05, 0) is 48.4 Å². The van der Waals surface area contributed by atoms with E-state index in [1.54, 1.807) is 24.5 Å². The number of thioether (sulfide) groups is 1. The van der Waals surface area contributed by atoms with E-state index in [1.165, 1.54) is 23.9 Å². The van der Waals surface area contributed by atoms with Crippen LogP contribution < -0.4 is 4.74 Å². The van der Waals surface area contributed by atoms with Crippen molar-refractivity contribution in [2.24, 2.45) is 0 Å². The number of alkyl halides is 2. The summed E-state index contributed by atoms with van der Waals surface area (Å²) in [5.74, 6) is 1.45. The Bertz CT molecular complexity index is 1120. The first-order chi connectivity index (χ1) is 14.6. The molecule has 4 aromatic rings. The van der Waals surface area contributed by atoms with Gasteiger partial charge in [0.2, 0.25) is 0 Å². The highest BCUT2D eigenvalue weighted by molar-refractivity contribution is 7.98. The summed E-state index contributed by atoms with van der Waals surface area (Å²) in [4.78, 5) is 4.20. The van der Waals surface area contributed by atoms with E-state index in [9.17, 15) is 8.78 Å². The van der Waals surface area contributed by atoms with E-state index in [0.717, 1.165) is 27.5 Å². The summed E-state index contributed by atoms with van der Waals surface area (Å²) in [6.45, 7) is -0.790. The third-order valence-electron chi connectivity index (χ3n) is 4.43.